The molecule has 1 atom stereocenters. The van der Waals surface area contributed by atoms with E-state index >= 15 is 0 Å². The minimum atomic E-state index is 0.126. The predicted octanol–water partition coefficient (Wildman–Crippen LogP) is 4.17. The number of halogens is 1. The summed E-state index contributed by atoms with van der Waals surface area (Å²) in [5, 5.41) is 0.766. The molecular formula is C13H20ClN. The maximum absolute atomic E-state index is 6.11. The molecule has 1 aromatic carbocycles. The Labute approximate surface area is 97.6 Å². The van der Waals surface area contributed by atoms with Gasteiger partial charge in [-0.15, -0.1) is 0 Å². The monoisotopic (exact) mass is 225 g/mol. The Hall–Kier alpha value is -0.530. The third-order valence-corrected chi connectivity index (χ3v) is 2.76. The predicted molar refractivity (Wildman–Crippen MR) is 67.1 cm³/mol. The van der Waals surface area contributed by atoms with Gasteiger partial charge in [0.15, 0.2) is 0 Å². The van der Waals surface area contributed by atoms with Gasteiger partial charge in [-0.25, -0.2) is 0 Å². The summed E-state index contributed by atoms with van der Waals surface area (Å²) in [6.45, 7) is 6.71. The largest absolute Gasteiger partial charge is 0.324 e. The van der Waals surface area contributed by atoms with Crippen molar-refractivity contribution in [2.24, 2.45) is 11.1 Å². The van der Waals surface area contributed by atoms with E-state index in [4.69, 9.17) is 17.3 Å². The SMILES string of the molecule is CC(C)(C)CCC(N)c1ccc(Cl)cc1. The molecule has 0 saturated carbocycles. The second-order valence-electron chi connectivity index (χ2n) is 5.26. The highest BCUT2D eigenvalue weighted by Gasteiger charge is 2.13. The zero-order valence-corrected chi connectivity index (χ0v) is 10.5. The summed E-state index contributed by atoms with van der Waals surface area (Å²) in [5.74, 6) is 0. The summed E-state index contributed by atoms with van der Waals surface area (Å²) < 4.78 is 0. The van der Waals surface area contributed by atoms with Crippen LogP contribution in [0.3, 0.4) is 0 Å². The number of rotatable bonds is 3. The van der Waals surface area contributed by atoms with Crippen molar-refractivity contribution in [3.05, 3.63) is 34.9 Å². The van der Waals surface area contributed by atoms with Gasteiger partial charge in [0.05, 0.1) is 0 Å². The van der Waals surface area contributed by atoms with E-state index in [0.29, 0.717) is 5.41 Å². The zero-order chi connectivity index (χ0) is 11.5. The average Bonchev–Trinajstić information content (AvgIpc) is 2.14. The molecule has 0 aliphatic carbocycles. The number of benzene rings is 1. The number of hydrogen-bond donors (Lipinski definition) is 1. The summed E-state index contributed by atoms with van der Waals surface area (Å²) in [7, 11) is 0. The molecule has 1 nitrogen and oxygen atoms in total. The molecule has 15 heavy (non-hydrogen) atoms. The van der Waals surface area contributed by atoms with Crippen LogP contribution in [-0.2, 0) is 0 Å². The molecule has 0 spiro atoms. The maximum Gasteiger partial charge on any atom is 0.0406 e. The number of hydrogen-bond acceptors (Lipinski definition) is 1. The summed E-state index contributed by atoms with van der Waals surface area (Å²) in [4.78, 5) is 0. The van der Waals surface area contributed by atoms with Crippen LogP contribution in [0.4, 0.5) is 0 Å². The molecular weight excluding hydrogens is 206 g/mol. The Morgan fingerprint density at radius 1 is 1.20 bits per heavy atom. The first-order valence-electron chi connectivity index (χ1n) is 5.39. The van der Waals surface area contributed by atoms with Crippen molar-refractivity contribution < 1.29 is 0 Å². The van der Waals surface area contributed by atoms with Crippen LogP contribution in [0.1, 0.15) is 45.2 Å². The highest BCUT2D eigenvalue weighted by atomic mass is 35.5. The Balaban J connectivity index is 2.54. The lowest BCUT2D eigenvalue weighted by Crippen LogP contribution is -2.14. The fourth-order valence-electron chi connectivity index (χ4n) is 1.47. The van der Waals surface area contributed by atoms with Crippen LogP contribution >= 0.6 is 11.6 Å². The highest BCUT2D eigenvalue weighted by molar-refractivity contribution is 6.30. The van der Waals surface area contributed by atoms with Gasteiger partial charge in [0.2, 0.25) is 0 Å². The van der Waals surface area contributed by atoms with Crippen LogP contribution in [0.15, 0.2) is 24.3 Å². The van der Waals surface area contributed by atoms with Crippen LogP contribution in [0, 0.1) is 5.41 Å². The molecule has 0 aliphatic heterocycles. The first kappa shape index (κ1) is 12.5. The van der Waals surface area contributed by atoms with Crippen molar-refractivity contribution in [1.82, 2.24) is 0 Å². The summed E-state index contributed by atoms with van der Waals surface area (Å²) >= 11 is 5.83. The zero-order valence-electron chi connectivity index (χ0n) is 9.76. The lowest BCUT2D eigenvalue weighted by Gasteiger charge is -2.21. The molecule has 1 rings (SSSR count). The van der Waals surface area contributed by atoms with Crippen LogP contribution in [0.2, 0.25) is 5.02 Å². The molecule has 1 unspecified atom stereocenters. The van der Waals surface area contributed by atoms with E-state index in [0.717, 1.165) is 17.9 Å². The minimum Gasteiger partial charge on any atom is -0.324 e. The van der Waals surface area contributed by atoms with Crippen molar-refractivity contribution in [3.8, 4) is 0 Å². The molecule has 0 saturated heterocycles. The Kier molecular flexibility index (Phi) is 4.18. The second-order valence-corrected chi connectivity index (χ2v) is 5.69. The van der Waals surface area contributed by atoms with E-state index < -0.39 is 0 Å². The topological polar surface area (TPSA) is 26.0 Å². The van der Waals surface area contributed by atoms with E-state index in [1.807, 2.05) is 24.3 Å². The Morgan fingerprint density at radius 2 is 1.73 bits per heavy atom. The summed E-state index contributed by atoms with van der Waals surface area (Å²) in [5.41, 5.74) is 7.63. The van der Waals surface area contributed by atoms with Gasteiger partial charge >= 0.3 is 0 Å². The van der Waals surface area contributed by atoms with Gasteiger partial charge < -0.3 is 5.73 Å². The molecule has 1 aromatic rings. The molecule has 0 amide bonds. The van der Waals surface area contributed by atoms with E-state index in [2.05, 4.69) is 20.8 Å². The van der Waals surface area contributed by atoms with Crippen molar-refractivity contribution in [2.75, 3.05) is 0 Å². The van der Waals surface area contributed by atoms with Crippen LogP contribution in [0.25, 0.3) is 0 Å². The van der Waals surface area contributed by atoms with E-state index in [1.54, 1.807) is 0 Å². The molecule has 0 aromatic heterocycles. The van der Waals surface area contributed by atoms with Gasteiger partial charge in [0.1, 0.15) is 0 Å². The number of nitrogens with two attached hydrogens (primary N) is 1. The van der Waals surface area contributed by atoms with E-state index in [1.165, 1.54) is 5.56 Å². The summed E-state index contributed by atoms with van der Waals surface area (Å²) in [6, 6.07) is 7.94. The quantitative estimate of drug-likeness (QED) is 0.821. The summed E-state index contributed by atoms with van der Waals surface area (Å²) in [6.07, 6.45) is 2.15. The Bertz CT molecular complexity index is 297. The third-order valence-electron chi connectivity index (χ3n) is 2.50. The molecule has 0 heterocycles. The smallest absolute Gasteiger partial charge is 0.0406 e. The first-order valence-corrected chi connectivity index (χ1v) is 5.77. The molecule has 0 radical (unpaired) electrons. The Morgan fingerprint density at radius 3 is 2.20 bits per heavy atom. The molecule has 0 aliphatic rings. The molecule has 0 fully saturated rings. The maximum atomic E-state index is 6.11. The van der Waals surface area contributed by atoms with Crippen molar-refractivity contribution in [1.29, 1.82) is 0 Å². The van der Waals surface area contributed by atoms with Gasteiger partial charge in [0, 0.05) is 11.1 Å². The molecule has 0 bridgehead atoms. The minimum absolute atomic E-state index is 0.126. The van der Waals surface area contributed by atoms with Gasteiger partial charge in [0.25, 0.3) is 0 Å². The first-order chi connectivity index (χ1) is 6.88. The fraction of sp³-hybridized carbons (Fsp3) is 0.538. The van der Waals surface area contributed by atoms with E-state index in [-0.39, 0.29) is 6.04 Å². The van der Waals surface area contributed by atoms with Crippen LogP contribution in [-0.4, -0.2) is 0 Å². The highest BCUT2D eigenvalue weighted by Crippen LogP contribution is 2.26. The van der Waals surface area contributed by atoms with Crippen LogP contribution in [0.5, 0.6) is 0 Å². The molecule has 2 heteroatoms. The van der Waals surface area contributed by atoms with Gasteiger partial charge in [-0.2, -0.15) is 0 Å². The third kappa shape index (κ3) is 4.67. The molecule has 84 valence electrons. The van der Waals surface area contributed by atoms with Crippen molar-refractivity contribution in [2.45, 2.75) is 39.7 Å². The van der Waals surface area contributed by atoms with Crippen molar-refractivity contribution >= 4 is 11.6 Å². The van der Waals surface area contributed by atoms with Gasteiger partial charge in [-0.3, -0.25) is 0 Å². The van der Waals surface area contributed by atoms with Gasteiger partial charge in [-0.1, -0.05) is 44.5 Å². The van der Waals surface area contributed by atoms with Crippen molar-refractivity contribution in [3.63, 3.8) is 0 Å². The van der Waals surface area contributed by atoms with E-state index in [9.17, 15) is 0 Å². The standard InChI is InChI=1S/C13H20ClN/c1-13(2,3)9-8-12(15)10-4-6-11(14)7-5-10/h4-7,12H,8-9,15H2,1-3H3. The lowest BCUT2D eigenvalue weighted by atomic mass is 9.87. The average molecular weight is 226 g/mol. The van der Waals surface area contributed by atoms with Crippen LogP contribution < -0.4 is 5.73 Å². The lowest BCUT2D eigenvalue weighted by molar-refractivity contribution is 0.350. The normalized spacial score (nSPS) is 13.9. The second kappa shape index (κ2) is 5.00. The molecule has 2 N–H and O–H groups in total. The van der Waals surface area contributed by atoms with Gasteiger partial charge in [-0.05, 0) is 36.0 Å². The fourth-order valence-corrected chi connectivity index (χ4v) is 1.59.